The predicted molar refractivity (Wildman–Crippen MR) is 132 cm³/mol. The summed E-state index contributed by atoms with van der Waals surface area (Å²) in [5.74, 6) is -0.118. The first-order chi connectivity index (χ1) is 14.5. The van der Waals surface area contributed by atoms with E-state index in [0.29, 0.717) is 6.42 Å². The number of rotatable bonds is 9. The van der Waals surface area contributed by atoms with Crippen LogP contribution < -0.4 is 10.4 Å². The lowest BCUT2D eigenvalue weighted by Gasteiger charge is -2.44. The van der Waals surface area contributed by atoms with Crippen LogP contribution in [0.5, 0.6) is 0 Å². The third kappa shape index (κ3) is 7.05. The molecular weight excluding hydrogens is 400 g/mol. The SMILES string of the molecule is CC(CCCCC(=O)OC(C)(C)C)O[Si](c1ccccc1)(c1ccccc1)C(C)(C)C. The average Bonchev–Trinajstić information content (AvgIpc) is 2.68. The Morgan fingerprint density at radius 3 is 1.74 bits per heavy atom. The summed E-state index contributed by atoms with van der Waals surface area (Å²) in [6, 6.07) is 21.5. The van der Waals surface area contributed by atoms with Gasteiger partial charge in [-0.3, -0.25) is 4.79 Å². The normalized spacial score (nSPS) is 13.6. The zero-order valence-electron chi connectivity index (χ0n) is 20.4. The molecule has 0 fully saturated rings. The van der Waals surface area contributed by atoms with E-state index in [4.69, 9.17) is 9.16 Å². The van der Waals surface area contributed by atoms with E-state index < -0.39 is 13.9 Å². The highest BCUT2D eigenvalue weighted by molar-refractivity contribution is 6.99. The summed E-state index contributed by atoms with van der Waals surface area (Å²) < 4.78 is 12.5. The summed E-state index contributed by atoms with van der Waals surface area (Å²) in [7, 11) is -2.52. The molecule has 2 aromatic rings. The Kier molecular flexibility index (Phi) is 8.67. The van der Waals surface area contributed by atoms with Crippen molar-refractivity contribution in [1.82, 2.24) is 0 Å². The largest absolute Gasteiger partial charge is 0.460 e. The minimum atomic E-state index is -2.52. The Balaban J connectivity index is 2.16. The molecule has 0 saturated heterocycles. The van der Waals surface area contributed by atoms with Crippen LogP contribution in [0.2, 0.25) is 5.04 Å². The Morgan fingerprint density at radius 2 is 1.32 bits per heavy atom. The Morgan fingerprint density at radius 1 is 0.839 bits per heavy atom. The second-order valence-electron chi connectivity index (χ2n) is 10.4. The van der Waals surface area contributed by atoms with E-state index >= 15 is 0 Å². The highest BCUT2D eigenvalue weighted by Gasteiger charge is 2.50. The van der Waals surface area contributed by atoms with Gasteiger partial charge in [0.05, 0.1) is 0 Å². The Labute approximate surface area is 190 Å². The number of carbonyl (C=O) groups is 1. The Bertz CT molecular complexity index is 764. The van der Waals surface area contributed by atoms with E-state index in [-0.39, 0.29) is 17.1 Å². The van der Waals surface area contributed by atoms with Gasteiger partial charge in [-0.1, -0.05) is 87.9 Å². The van der Waals surface area contributed by atoms with Gasteiger partial charge in [0.1, 0.15) is 5.60 Å². The molecule has 4 heteroatoms. The molecule has 2 rings (SSSR count). The van der Waals surface area contributed by atoms with Crippen molar-refractivity contribution in [1.29, 1.82) is 0 Å². The van der Waals surface area contributed by atoms with Crippen LogP contribution in [-0.4, -0.2) is 26.0 Å². The minimum Gasteiger partial charge on any atom is -0.460 e. The molecule has 0 aromatic heterocycles. The molecule has 0 aliphatic carbocycles. The van der Waals surface area contributed by atoms with Crippen LogP contribution in [0.15, 0.2) is 60.7 Å². The fourth-order valence-electron chi connectivity index (χ4n) is 4.15. The fraction of sp³-hybridized carbons (Fsp3) is 0.519. The second kappa shape index (κ2) is 10.6. The number of carbonyl (C=O) groups excluding carboxylic acids is 1. The van der Waals surface area contributed by atoms with Gasteiger partial charge in [-0.15, -0.1) is 0 Å². The molecule has 0 amide bonds. The second-order valence-corrected chi connectivity index (χ2v) is 14.7. The number of esters is 1. The van der Waals surface area contributed by atoms with Gasteiger partial charge in [-0.25, -0.2) is 0 Å². The van der Waals surface area contributed by atoms with E-state index in [1.54, 1.807) is 0 Å². The van der Waals surface area contributed by atoms with Gasteiger partial charge < -0.3 is 9.16 Å². The van der Waals surface area contributed by atoms with Crippen molar-refractivity contribution in [2.24, 2.45) is 0 Å². The molecule has 0 N–H and O–H groups in total. The van der Waals surface area contributed by atoms with E-state index in [9.17, 15) is 4.79 Å². The maximum Gasteiger partial charge on any atom is 0.306 e. The summed E-state index contributed by atoms with van der Waals surface area (Å²) in [6.45, 7) is 14.8. The van der Waals surface area contributed by atoms with Crippen LogP contribution in [0, 0.1) is 0 Å². The number of hydrogen-bond donors (Lipinski definition) is 0. The van der Waals surface area contributed by atoms with Crippen molar-refractivity contribution in [3.05, 3.63) is 60.7 Å². The molecule has 0 spiro atoms. The van der Waals surface area contributed by atoms with Crippen molar-refractivity contribution in [3.8, 4) is 0 Å². The topological polar surface area (TPSA) is 35.5 Å². The smallest absolute Gasteiger partial charge is 0.306 e. The molecule has 1 atom stereocenters. The quantitative estimate of drug-likeness (QED) is 0.279. The lowest BCUT2D eigenvalue weighted by atomic mass is 10.1. The van der Waals surface area contributed by atoms with Gasteiger partial charge in [-0.05, 0) is 55.9 Å². The first-order valence-corrected chi connectivity index (χ1v) is 13.4. The third-order valence-electron chi connectivity index (χ3n) is 5.46. The van der Waals surface area contributed by atoms with Crippen LogP contribution in [0.25, 0.3) is 0 Å². The van der Waals surface area contributed by atoms with Gasteiger partial charge in [0.15, 0.2) is 0 Å². The molecule has 31 heavy (non-hydrogen) atoms. The molecule has 2 aromatic carbocycles. The summed E-state index contributed by atoms with van der Waals surface area (Å²) in [5.41, 5.74) is -0.420. The molecule has 0 aliphatic heterocycles. The van der Waals surface area contributed by atoms with Gasteiger partial charge in [-0.2, -0.15) is 0 Å². The van der Waals surface area contributed by atoms with Crippen molar-refractivity contribution in [3.63, 3.8) is 0 Å². The number of ether oxygens (including phenoxy) is 1. The minimum absolute atomic E-state index is 0.0273. The number of unbranched alkanes of at least 4 members (excludes halogenated alkanes) is 1. The molecule has 0 radical (unpaired) electrons. The first kappa shape index (κ1) is 25.3. The zero-order chi connectivity index (χ0) is 23.1. The highest BCUT2D eigenvalue weighted by atomic mass is 28.4. The average molecular weight is 441 g/mol. The van der Waals surface area contributed by atoms with Gasteiger partial charge >= 0.3 is 5.97 Å². The molecule has 0 saturated carbocycles. The Hall–Kier alpha value is -1.91. The van der Waals surface area contributed by atoms with E-state index in [2.05, 4.69) is 88.4 Å². The van der Waals surface area contributed by atoms with E-state index in [1.807, 2.05) is 20.8 Å². The predicted octanol–water partition coefficient (Wildman–Crippen LogP) is 5.85. The molecule has 0 heterocycles. The highest BCUT2D eigenvalue weighted by Crippen LogP contribution is 2.37. The van der Waals surface area contributed by atoms with Crippen molar-refractivity contribution in [2.75, 3.05) is 0 Å². The van der Waals surface area contributed by atoms with Crippen LogP contribution in [0.3, 0.4) is 0 Å². The summed E-state index contributed by atoms with van der Waals surface area (Å²) in [4.78, 5) is 12.0. The van der Waals surface area contributed by atoms with Crippen LogP contribution in [-0.2, 0) is 14.0 Å². The maximum atomic E-state index is 12.0. The zero-order valence-corrected chi connectivity index (χ0v) is 21.4. The summed E-state index contributed by atoms with van der Waals surface area (Å²) >= 11 is 0. The summed E-state index contributed by atoms with van der Waals surface area (Å²) in [5, 5.41) is 2.57. The van der Waals surface area contributed by atoms with Crippen LogP contribution >= 0.6 is 0 Å². The maximum absolute atomic E-state index is 12.0. The van der Waals surface area contributed by atoms with E-state index in [1.165, 1.54) is 10.4 Å². The molecule has 170 valence electrons. The molecule has 0 aliphatic rings. The molecular formula is C27H40O3Si. The van der Waals surface area contributed by atoms with Crippen molar-refractivity contribution >= 4 is 24.7 Å². The third-order valence-corrected chi connectivity index (χ3v) is 10.6. The van der Waals surface area contributed by atoms with Gasteiger partial charge in [0.2, 0.25) is 0 Å². The monoisotopic (exact) mass is 440 g/mol. The fourth-order valence-corrected chi connectivity index (χ4v) is 8.88. The molecule has 1 unspecified atom stereocenters. The van der Waals surface area contributed by atoms with Gasteiger partial charge in [0.25, 0.3) is 8.32 Å². The van der Waals surface area contributed by atoms with E-state index in [0.717, 1.165) is 19.3 Å². The summed E-state index contributed by atoms with van der Waals surface area (Å²) in [6.07, 6.45) is 3.25. The van der Waals surface area contributed by atoms with Crippen LogP contribution in [0.4, 0.5) is 0 Å². The van der Waals surface area contributed by atoms with Crippen molar-refractivity contribution in [2.45, 2.75) is 90.9 Å². The number of benzene rings is 2. The van der Waals surface area contributed by atoms with Crippen LogP contribution in [0.1, 0.15) is 74.1 Å². The first-order valence-electron chi connectivity index (χ1n) is 11.5. The number of hydrogen-bond acceptors (Lipinski definition) is 3. The van der Waals surface area contributed by atoms with Crippen molar-refractivity contribution < 1.29 is 14.0 Å². The lowest BCUT2D eigenvalue weighted by molar-refractivity contribution is -0.154. The molecule has 3 nitrogen and oxygen atoms in total. The standard InChI is InChI=1S/C27H40O3Si/c1-22(16-14-15-21-25(28)29-26(2,3)4)30-31(27(5,6)7,23-17-10-8-11-18-23)24-19-12-9-13-20-24/h8-13,17-20,22H,14-16,21H2,1-7H3. The lowest BCUT2D eigenvalue weighted by Crippen LogP contribution is -2.67. The molecule has 0 bridgehead atoms. The van der Waals surface area contributed by atoms with Gasteiger partial charge in [0, 0.05) is 12.5 Å².